The number of nitrogens with one attached hydrogen (secondary N) is 1. The summed E-state index contributed by atoms with van der Waals surface area (Å²) in [5.41, 5.74) is 1.45. The van der Waals surface area contributed by atoms with Gasteiger partial charge in [0.1, 0.15) is 5.82 Å². The van der Waals surface area contributed by atoms with Gasteiger partial charge in [-0.05, 0) is 48.9 Å². The van der Waals surface area contributed by atoms with E-state index in [1.165, 1.54) is 23.9 Å². The quantitative estimate of drug-likeness (QED) is 0.568. The van der Waals surface area contributed by atoms with Crippen molar-refractivity contribution in [3.8, 4) is 0 Å². The first-order valence-corrected chi connectivity index (χ1v) is 8.90. The van der Waals surface area contributed by atoms with Gasteiger partial charge in [-0.3, -0.25) is 9.59 Å². The lowest BCUT2D eigenvalue weighted by Gasteiger charge is -2.08. The van der Waals surface area contributed by atoms with E-state index in [2.05, 4.69) is 5.32 Å². The Labute approximate surface area is 154 Å². The average Bonchev–Trinajstić information content (AvgIpc) is 2.58. The molecule has 0 atom stereocenters. The SMILES string of the molecule is Cc1ccc(NC(=O)COC(=O)CCSc2ccc(F)cc2)cc1Cl. The van der Waals surface area contributed by atoms with Crippen molar-refractivity contribution in [1.82, 2.24) is 0 Å². The highest BCUT2D eigenvalue weighted by Gasteiger charge is 2.09. The second-order valence-electron chi connectivity index (χ2n) is 5.23. The molecule has 0 unspecified atom stereocenters. The Balaban J connectivity index is 1.67. The summed E-state index contributed by atoms with van der Waals surface area (Å²) in [7, 11) is 0. The molecule has 0 aliphatic rings. The molecule has 0 aromatic heterocycles. The summed E-state index contributed by atoms with van der Waals surface area (Å²) in [6, 6.07) is 11.2. The van der Waals surface area contributed by atoms with E-state index in [-0.39, 0.29) is 18.8 Å². The van der Waals surface area contributed by atoms with Crippen LogP contribution >= 0.6 is 23.4 Å². The van der Waals surface area contributed by atoms with E-state index in [1.54, 1.807) is 30.3 Å². The normalized spacial score (nSPS) is 10.4. The molecule has 25 heavy (non-hydrogen) atoms. The summed E-state index contributed by atoms with van der Waals surface area (Å²) in [6.07, 6.45) is 0.158. The molecule has 132 valence electrons. The second kappa shape index (κ2) is 9.44. The number of carbonyl (C=O) groups excluding carboxylic acids is 2. The second-order valence-corrected chi connectivity index (χ2v) is 6.80. The van der Waals surface area contributed by atoms with Crippen LogP contribution in [0.4, 0.5) is 10.1 Å². The fraction of sp³-hybridized carbons (Fsp3) is 0.222. The van der Waals surface area contributed by atoms with Gasteiger partial charge in [0.15, 0.2) is 6.61 Å². The number of anilines is 1. The molecule has 0 aliphatic heterocycles. The zero-order valence-electron chi connectivity index (χ0n) is 13.6. The molecular formula is C18H17ClFNO3S. The summed E-state index contributed by atoms with van der Waals surface area (Å²) in [5.74, 6) is -0.713. The van der Waals surface area contributed by atoms with Gasteiger partial charge in [0, 0.05) is 21.4 Å². The molecule has 0 saturated carbocycles. The molecule has 0 aliphatic carbocycles. The lowest BCUT2D eigenvalue weighted by Crippen LogP contribution is -2.21. The van der Waals surface area contributed by atoms with Crippen molar-refractivity contribution in [1.29, 1.82) is 0 Å². The predicted octanol–water partition coefficient (Wildman–Crippen LogP) is 4.45. The topological polar surface area (TPSA) is 55.4 Å². The molecule has 2 aromatic carbocycles. The van der Waals surface area contributed by atoms with Gasteiger partial charge in [0.2, 0.25) is 0 Å². The molecule has 0 fully saturated rings. The molecule has 4 nitrogen and oxygen atoms in total. The fourth-order valence-corrected chi connectivity index (χ4v) is 2.88. The highest BCUT2D eigenvalue weighted by molar-refractivity contribution is 7.99. The van der Waals surface area contributed by atoms with Crippen LogP contribution in [0.3, 0.4) is 0 Å². The highest BCUT2D eigenvalue weighted by atomic mass is 35.5. The minimum atomic E-state index is -0.466. The van der Waals surface area contributed by atoms with Gasteiger partial charge in [0.25, 0.3) is 5.91 Å². The van der Waals surface area contributed by atoms with Crippen LogP contribution in [0.5, 0.6) is 0 Å². The minimum absolute atomic E-state index is 0.158. The number of aryl methyl sites for hydroxylation is 1. The third kappa shape index (κ3) is 6.76. The average molecular weight is 382 g/mol. The van der Waals surface area contributed by atoms with E-state index in [1.807, 2.05) is 6.92 Å². The Morgan fingerprint density at radius 2 is 1.92 bits per heavy atom. The molecule has 2 aromatic rings. The maximum Gasteiger partial charge on any atom is 0.307 e. The van der Waals surface area contributed by atoms with Gasteiger partial charge in [-0.15, -0.1) is 11.8 Å². The first-order chi connectivity index (χ1) is 11.9. The van der Waals surface area contributed by atoms with Crippen LogP contribution in [-0.2, 0) is 14.3 Å². The van der Waals surface area contributed by atoms with Crippen LogP contribution in [0, 0.1) is 12.7 Å². The molecule has 0 spiro atoms. The van der Waals surface area contributed by atoms with E-state index >= 15 is 0 Å². The lowest BCUT2D eigenvalue weighted by atomic mass is 10.2. The summed E-state index contributed by atoms with van der Waals surface area (Å²) in [5, 5.41) is 3.16. The third-order valence-electron chi connectivity index (χ3n) is 3.21. The number of halogens is 2. The van der Waals surface area contributed by atoms with Crippen LogP contribution in [0.1, 0.15) is 12.0 Å². The van der Waals surface area contributed by atoms with E-state index in [4.69, 9.17) is 16.3 Å². The number of hydrogen-bond donors (Lipinski definition) is 1. The van der Waals surface area contributed by atoms with Gasteiger partial charge in [-0.2, -0.15) is 0 Å². The van der Waals surface area contributed by atoms with Crippen LogP contribution in [0.2, 0.25) is 5.02 Å². The monoisotopic (exact) mass is 381 g/mol. The first kappa shape index (κ1) is 19.3. The first-order valence-electron chi connectivity index (χ1n) is 7.54. The highest BCUT2D eigenvalue weighted by Crippen LogP contribution is 2.20. The van der Waals surface area contributed by atoms with E-state index in [0.717, 1.165) is 10.5 Å². The van der Waals surface area contributed by atoms with Crippen molar-refractivity contribution in [3.05, 3.63) is 58.9 Å². The number of thioether (sulfide) groups is 1. The Bertz CT molecular complexity index is 752. The standard InChI is InChI=1S/C18H17ClFNO3S/c1-12-2-5-14(10-16(12)19)21-17(22)11-24-18(23)8-9-25-15-6-3-13(20)4-7-15/h2-7,10H,8-9,11H2,1H3,(H,21,22). The lowest BCUT2D eigenvalue weighted by molar-refractivity contribution is -0.146. The minimum Gasteiger partial charge on any atom is -0.456 e. The zero-order chi connectivity index (χ0) is 18.2. The van der Waals surface area contributed by atoms with Gasteiger partial charge in [-0.25, -0.2) is 4.39 Å². The summed E-state index contributed by atoms with van der Waals surface area (Å²) >= 11 is 7.40. The van der Waals surface area contributed by atoms with Crippen molar-refractivity contribution in [2.45, 2.75) is 18.2 Å². The number of hydrogen-bond acceptors (Lipinski definition) is 4. The third-order valence-corrected chi connectivity index (χ3v) is 4.63. The number of ether oxygens (including phenoxy) is 1. The number of benzene rings is 2. The largest absolute Gasteiger partial charge is 0.456 e. The molecule has 2 rings (SSSR count). The smallest absolute Gasteiger partial charge is 0.307 e. The Morgan fingerprint density at radius 3 is 2.60 bits per heavy atom. The van der Waals surface area contributed by atoms with Crippen molar-refractivity contribution < 1.29 is 18.7 Å². The van der Waals surface area contributed by atoms with Crippen LogP contribution in [-0.4, -0.2) is 24.2 Å². The summed E-state index contributed by atoms with van der Waals surface area (Å²) in [4.78, 5) is 24.3. The van der Waals surface area contributed by atoms with Crippen molar-refractivity contribution >= 4 is 40.9 Å². The van der Waals surface area contributed by atoms with Gasteiger partial charge >= 0.3 is 5.97 Å². The number of amides is 1. The molecule has 0 radical (unpaired) electrons. The summed E-state index contributed by atoms with van der Waals surface area (Å²) < 4.78 is 17.7. The fourth-order valence-electron chi connectivity index (χ4n) is 1.87. The van der Waals surface area contributed by atoms with E-state index in [0.29, 0.717) is 16.5 Å². The molecule has 7 heteroatoms. The Hall–Kier alpha value is -2.05. The number of rotatable bonds is 7. The van der Waals surface area contributed by atoms with Gasteiger partial charge in [-0.1, -0.05) is 17.7 Å². The van der Waals surface area contributed by atoms with Crippen molar-refractivity contribution in [2.24, 2.45) is 0 Å². The molecule has 0 heterocycles. The molecule has 0 bridgehead atoms. The van der Waals surface area contributed by atoms with Gasteiger partial charge in [0.05, 0.1) is 6.42 Å². The number of carbonyl (C=O) groups is 2. The van der Waals surface area contributed by atoms with Crippen LogP contribution in [0.25, 0.3) is 0 Å². The van der Waals surface area contributed by atoms with Gasteiger partial charge < -0.3 is 10.1 Å². The number of esters is 1. The van der Waals surface area contributed by atoms with E-state index in [9.17, 15) is 14.0 Å². The zero-order valence-corrected chi connectivity index (χ0v) is 15.1. The predicted molar refractivity (Wildman–Crippen MR) is 97.5 cm³/mol. The van der Waals surface area contributed by atoms with E-state index < -0.39 is 11.9 Å². The van der Waals surface area contributed by atoms with Crippen molar-refractivity contribution in [3.63, 3.8) is 0 Å². The van der Waals surface area contributed by atoms with Crippen LogP contribution < -0.4 is 5.32 Å². The summed E-state index contributed by atoms with van der Waals surface area (Å²) in [6.45, 7) is 1.51. The maximum atomic E-state index is 12.8. The van der Waals surface area contributed by atoms with Crippen molar-refractivity contribution in [2.75, 3.05) is 17.7 Å². The molecular weight excluding hydrogens is 365 g/mol. The molecule has 0 saturated heterocycles. The molecule has 1 amide bonds. The Morgan fingerprint density at radius 1 is 1.20 bits per heavy atom. The maximum absolute atomic E-state index is 12.8. The Kier molecular flexibility index (Phi) is 7.28. The molecule has 1 N–H and O–H groups in total. The van der Waals surface area contributed by atoms with Crippen LogP contribution in [0.15, 0.2) is 47.4 Å².